The third-order valence-corrected chi connectivity index (χ3v) is 2.25. The van der Waals surface area contributed by atoms with Crippen LogP contribution in [0.3, 0.4) is 0 Å². The molecule has 0 bridgehead atoms. The van der Waals surface area contributed by atoms with Crippen molar-refractivity contribution in [3.05, 3.63) is 29.6 Å². The van der Waals surface area contributed by atoms with Gasteiger partial charge in [0.15, 0.2) is 0 Å². The molecule has 0 fully saturated rings. The van der Waals surface area contributed by atoms with E-state index in [1.165, 1.54) is 0 Å². The number of carboxylic acids is 1. The molecule has 0 atom stereocenters. The normalized spacial score (nSPS) is 10.4. The number of hydrogen-bond donors (Lipinski definition) is 3. The zero-order valence-corrected chi connectivity index (χ0v) is 10.5. The molecule has 0 unspecified atom stereocenters. The average molecular weight is 264 g/mol. The Bertz CT molecular complexity index is 561. The topological polar surface area (TPSA) is 78.4 Å². The first-order chi connectivity index (χ1) is 8.75. The molecule has 5 nitrogen and oxygen atoms in total. The smallest absolute Gasteiger partial charge is 0.337 e. The van der Waals surface area contributed by atoms with Crippen molar-refractivity contribution >= 4 is 17.7 Å². The number of urea groups is 1. The van der Waals surface area contributed by atoms with Crippen molar-refractivity contribution in [2.45, 2.75) is 19.4 Å². The van der Waals surface area contributed by atoms with Gasteiger partial charge in [-0.15, -0.1) is 6.42 Å². The van der Waals surface area contributed by atoms with Gasteiger partial charge in [0.1, 0.15) is 5.82 Å². The van der Waals surface area contributed by atoms with Gasteiger partial charge in [0, 0.05) is 0 Å². The number of anilines is 1. The van der Waals surface area contributed by atoms with Crippen molar-refractivity contribution in [2.75, 3.05) is 5.32 Å². The van der Waals surface area contributed by atoms with Gasteiger partial charge in [-0.2, -0.15) is 0 Å². The van der Waals surface area contributed by atoms with Crippen LogP contribution in [0.5, 0.6) is 0 Å². The molecule has 3 N–H and O–H groups in total. The molecule has 6 heteroatoms. The molecular weight excluding hydrogens is 251 g/mol. The Morgan fingerprint density at radius 3 is 2.58 bits per heavy atom. The second-order valence-electron chi connectivity index (χ2n) is 4.34. The number of hydrogen-bond acceptors (Lipinski definition) is 2. The number of amides is 2. The minimum Gasteiger partial charge on any atom is -0.478 e. The second kappa shape index (κ2) is 5.40. The van der Waals surface area contributed by atoms with E-state index < -0.39 is 23.4 Å². The number of terminal acetylenes is 1. The first-order valence-electron chi connectivity index (χ1n) is 5.35. The molecule has 0 aromatic heterocycles. The molecule has 0 aliphatic carbocycles. The van der Waals surface area contributed by atoms with Crippen LogP contribution in [-0.4, -0.2) is 22.6 Å². The van der Waals surface area contributed by atoms with Crippen LogP contribution in [0.4, 0.5) is 14.9 Å². The van der Waals surface area contributed by atoms with Gasteiger partial charge in [-0.25, -0.2) is 14.0 Å². The molecule has 0 radical (unpaired) electrons. The molecule has 0 aliphatic rings. The van der Waals surface area contributed by atoms with Crippen LogP contribution in [0.25, 0.3) is 0 Å². The van der Waals surface area contributed by atoms with Gasteiger partial charge < -0.3 is 15.7 Å². The van der Waals surface area contributed by atoms with Crippen LogP contribution in [-0.2, 0) is 0 Å². The van der Waals surface area contributed by atoms with Gasteiger partial charge >= 0.3 is 12.0 Å². The summed E-state index contributed by atoms with van der Waals surface area (Å²) in [6.07, 6.45) is 5.20. The number of carbonyl (C=O) groups is 2. The van der Waals surface area contributed by atoms with Gasteiger partial charge in [-0.1, -0.05) is 5.92 Å². The summed E-state index contributed by atoms with van der Waals surface area (Å²) in [7, 11) is 0. The molecule has 2 amide bonds. The first kappa shape index (κ1) is 14.5. The van der Waals surface area contributed by atoms with Crippen LogP contribution < -0.4 is 10.6 Å². The van der Waals surface area contributed by atoms with E-state index in [9.17, 15) is 14.0 Å². The predicted octanol–water partition coefficient (Wildman–Crippen LogP) is 2.06. The first-order valence-corrected chi connectivity index (χ1v) is 5.35. The fraction of sp³-hybridized carbons (Fsp3) is 0.231. The fourth-order valence-electron chi connectivity index (χ4n) is 1.28. The summed E-state index contributed by atoms with van der Waals surface area (Å²) in [6, 6.07) is 2.28. The summed E-state index contributed by atoms with van der Waals surface area (Å²) in [5, 5.41) is 13.6. The Hall–Kier alpha value is -2.55. The minimum atomic E-state index is -1.27. The van der Waals surface area contributed by atoms with E-state index in [0.29, 0.717) is 0 Å². The second-order valence-corrected chi connectivity index (χ2v) is 4.34. The number of carboxylic acid groups (broad SMARTS) is 1. The molecule has 19 heavy (non-hydrogen) atoms. The lowest BCUT2D eigenvalue weighted by Crippen LogP contribution is -2.44. The average Bonchev–Trinajstić information content (AvgIpc) is 2.27. The molecule has 0 saturated heterocycles. The summed E-state index contributed by atoms with van der Waals surface area (Å²) >= 11 is 0. The Morgan fingerprint density at radius 2 is 2.05 bits per heavy atom. The molecule has 100 valence electrons. The van der Waals surface area contributed by atoms with E-state index in [1.807, 2.05) is 0 Å². The molecule has 1 rings (SSSR count). The van der Waals surface area contributed by atoms with E-state index in [4.69, 9.17) is 11.5 Å². The maximum absolute atomic E-state index is 13.1. The van der Waals surface area contributed by atoms with Gasteiger partial charge in [-0.3, -0.25) is 0 Å². The van der Waals surface area contributed by atoms with E-state index in [0.717, 1.165) is 18.2 Å². The maximum atomic E-state index is 13.1. The lowest BCUT2D eigenvalue weighted by molar-refractivity contribution is 0.0698. The van der Waals surface area contributed by atoms with E-state index in [1.54, 1.807) is 13.8 Å². The third-order valence-electron chi connectivity index (χ3n) is 2.25. The Labute approximate surface area is 109 Å². The Kier molecular flexibility index (Phi) is 4.12. The Balaban J connectivity index is 2.94. The number of halogens is 1. The minimum absolute atomic E-state index is 0.141. The lowest BCUT2D eigenvalue weighted by atomic mass is 10.1. The summed E-state index contributed by atoms with van der Waals surface area (Å²) < 4.78 is 13.1. The Morgan fingerprint density at radius 1 is 1.42 bits per heavy atom. The zero-order valence-electron chi connectivity index (χ0n) is 10.5. The molecule has 1 aromatic carbocycles. The molecule has 1 aromatic rings. The van der Waals surface area contributed by atoms with E-state index >= 15 is 0 Å². The molecule has 0 heterocycles. The third kappa shape index (κ3) is 4.00. The highest BCUT2D eigenvalue weighted by molar-refractivity contribution is 6.00. The quantitative estimate of drug-likeness (QED) is 0.731. The highest BCUT2D eigenvalue weighted by Gasteiger charge is 2.19. The molecule has 0 spiro atoms. The van der Waals surface area contributed by atoms with Crippen molar-refractivity contribution < 1.29 is 19.1 Å². The SMILES string of the molecule is C#CC(C)(C)NC(=O)Nc1cc(F)ccc1C(=O)O. The fourth-order valence-corrected chi connectivity index (χ4v) is 1.28. The zero-order chi connectivity index (χ0) is 14.6. The van der Waals surface area contributed by atoms with Crippen molar-refractivity contribution in [1.82, 2.24) is 5.32 Å². The summed E-state index contributed by atoms with van der Waals surface area (Å²) in [6.45, 7) is 3.19. The van der Waals surface area contributed by atoms with E-state index in [2.05, 4.69) is 16.6 Å². The highest BCUT2D eigenvalue weighted by atomic mass is 19.1. The van der Waals surface area contributed by atoms with Crippen molar-refractivity contribution in [3.8, 4) is 12.3 Å². The molecular formula is C13H13FN2O3. The van der Waals surface area contributed by atoms with Crippen molar-refractivity contribution in [1.29, 1.82) is 0 Å². The van der Waals surface area contributed by atoms with E-state index in [-0.39, 0.29) is 11.3 Å². The van der Waals surface area contributed by atoms with Crippen LogP contribution in [0.2, 0.25) is 0 Å². The van der Waals surface area contributed by atoms with Crippen molar-refractivity contribution in [2.24, 2.45) is 0 Å². The van der Waals surface area contributed by atoms with Gasteiger partial charge in [0.25, 0.3) is 0 Å². The molecule has 0 aliphatic heterocycles. The molecule has 0 saturated carbocycles. The van der Waals surface area contributed by atoms with Crippen LogP contribution in [0.15, 0.2) is 18.2 Å². The van der Waals surface area contributed by atoms with Crippen LogP contribution >= 0.6 is 0 Å². The summed E-state index contributed by atoms with van der Waals surface area (Å²) in [5.74, 6) is 0.417. The highest BCUT2D eigenvalue weighted by Crippen LogP contribution is 2.17. The maximum Gasteiger partial charge on any atom is 0.337 e. The standard InChI is InChI=1S/C13H13FN2O3/c1-4-13(2,3)16-12(19)15-10-7-8(14)5-6-9(10)11(17)18/h1,5-7H,2-3H3,(H,17,18)(H2,15,16,19). The van der Waals surface area contributed by atoms with Gasteiger partial charge in [0.05, 0.1) is 16.8 Å². The van der Waals surface area contributed by atoms with Gasteiger partial charge in [0.2, 0.25) is 0 Å². The predicted molar refractivity (Wildman–Crippen MR) is 68.4 cm³/mol. The number of benzene rings is 1. The number of rotatable bonds is 3. The summed E-state index contributed by atoms with van der Waals surface area (Å²) in [5.41, 5.74) is -1.26. The number of carbonyl (C=O) groups excluding carboxylic acids is 1. The summed E-state index contributed by atoms with van der Waals surface area (Å²) in [4.78, 5) is 22.6. The number of aromatic carboxylic acids is 1. The van der Waals surface area contributed by atoms with Crippen molar-refractivity contribution in [3.63, 3.8) is 0 Å². The van der Waals surface area contributed by atoms with Crippen LogP contribution in [0.1, 0.15) is 24.2 Å². The van der Waals surface area contributed by atoms with Gasteiger partial charge in [-0.05, 0) is 32.0 Å². The largest absolute Gasteiger partial charge is 0.478 e. The van der Waals surface area contributed by atoms with Crippen LogP contribution in [0, 0.1) is 18.2 Å². The monoisotopic (exact) mass is 264 g/mol. The lowest BCUT2D eigenvalue weighted by Gasteiger charge is -2.20. The number of nitrogens with one attached hydrogen (secondary N) is 2.